The van der Waals surface area contributed by atoms with E-state index >= 15 is 0 Å². The second-order valence-electron chi connectivity index (χ2n) is 35.2. The molecule has 17 aromatic carbocycles. The number of benzene rings is 17. The van der Waals surface area contributed by atoms with E-state index in [-0.39, 0.29) is 28.1 Å². The van der Waals surface area contributed by atoms with Crippen LogP contribution >= 0.6 is 31.9 Å². The lowest BCUT2D eigenvalue weighted by atomic mass is 9.73. The van der Waals surface area contributed by atoms with Gasteiger partial charge in [0, 0.05) is 74.0 Å². The first-order valence-corrected chi connectivity index (χ1v) is 42.5. The van der Waals surface area contributed by atoms with Crippen LogP contribution < -0.4 is 15.1 Å². The van der Waals surface area contributed by atoms with Gasteiger partial charge in [0.2, 0.25) is 0 Å². The van der Waals surface area contributed by atoms with Crippen molar-refractivity contribution < 1.29 is 13.3 Å². The molecule has 3 aliphatic heterocycles. The number of halogens is 2. The molecule has 8 heteroatoms. The molecule has 0 saturated heterocycles. The molecular formula is C107H89Br2N3O3. The molecule has 3 aromatic heterocycles. The zero-order valence-electron chi connectivity index (χ0n) is 67.4. The molecule has 0 radical (unpaired) electrons. The highest BCUT2D eigenvalue weighted by atomic mass is 79.9. The molecule has 3 aliphatic rings. The summed E-state index contributed by atoms with van der Waals surface area (Å²) in [5.41, 5.74) is 27.4. The van der Waals surface area contributed by atoms with Gasteiger partial charge in [0.25, 0.3) is 0 Å². The van der Waals surface area contributed by atoms with Crippen LogP contribution in [0.25, 0.3) is 130 Å². The van der Waals surface area contributed by atoms with E-state index in [9.17, 15) is 0 Å². The first-order valence-electron chi connectivity index (χ1n) is 40.9. The molecule has 564 valence electrons. The van der Waals surface area contributed by atoms with Gasteiger partial charge < -0.3 is 28.4 Å². The lowest BCUT2D eigenvalue weighted by Crippen LogP contribution is -2.31. The van der Waals surface area contributed by atoms with E-state index in [1.165, 1.54) is 163 Å². The minimum absolute atomic E-state index is 0.0512. The predicted octanol–water partition coefficient (Wildman–Crippen LogP) is 33.2. The number of fused-ring (bicyclic) bond motifs is 18. The van der Waals surface area contributed by atoms with Crippen LogP contribution in [0.5, 0.6) is 0 Å². The lowest BCUT2D eigenvalue weighted by Gasteiger charge is -2.43. The fourth-order valence-corrected chi connectivity index (χ4v) is 21.7. The molecule has 0 saturated carbocycles. The van der Waals surface area contributed by atoms with Crippen molar-refractivity contribution in [2.24, 2.45) is 0 Å². The third-order valence-corrected chi connectivity index (χ3v) is 27.6. The lowest BCUT2D eigenvalue weighted by molar-refractivity contribution is 0.624. The molecular weight excluding hydrogens is 1540 g/mol. The van der Waals surface area contributed by atoms with E-state index in [0.717, 1.165) is 77.8 Å². The Kier molecular flexibility index (Phi) is 16.0. The Labute approximate surface area is 687 Å². The number of nitrogens with one attached hydrogen (secondary N) is 1. The number of nitrogens with zero attached hydrogens (tertiary/aromatic N) is 2. The molecule has 0 spiro atoms. The largest absolute Gasteiger partial charge is 0.454 e. The van der Waals surface area contributed by atoms with Gasteiger partial charge in [-0.05, 0) is 194 Å². The normalized spacial score (nSPS) is 14.6. The summed E-state index contributed by atoms with van der Waals surface area (Å²) in [7, 11) is 0. The van der Waals surface area contributed by atoms with Gasteiger partial charge in [0.15, 0.2) is 16.7 Å². The monoisotopic (exact) mass is 1620 g/mol. The molecule has 0 fully saturated rings. The summed E-state index contributed by atoms with van der Waals surface area (Å²) in [6.45, 7) is 32.5. The number of rotatable bonds is 6. The van der Waals surface area contributed by atoms with Crippen molar-refractivity contribution >= 4 is 208 Å². The Morgan fingerprint density at radius 1 is 0.270 bits per heavy atom. The highest BCUT2D eigenvalue weighted by Gasteiger charge is 2.43. The molecule has 20 aromatic rings. The number of furan rings is 3. The highest BCUT2D eigenvalue weighted by Crippen LogP contribution is 2.62. The van der Waals surface area contributed by atoms with E-state index in [2.05, 4.69) is 387 Å². The summed E-state index contributed by atoms with van der Waals surface area (Å²) >= 11 is 7.63. The SMILES string of the molecule is CC(C)c1cc(Br)c2ccc3c(C(C)C)cc(Br)c4ccc1c2c43.CC(C)c1cc(N2c3ccccc3C(C)(C)c3ccc4c(oc5ccccc54)c32)c2ccc3c(C(C)C)cc(N4c5ccccc5C(C)(C)c5ccc6c(oc7ccccc76)c54)c4ccc1c2c34.CC1(C)c2ccccc2Nc2c1ccc1c2oc2ccccc21. The fraction of sp³-hybridized carbons (Fsp3) is 0.196. The molecule has 0 unspecified atom stereocenters. The molecule has 6 nitrogen and oxygen atoms in total. The van der Waals surface area contributed by atoms with E-state index in [1.54, 1.807) is 0 Å². The van der Waals surface area contributed by atoms with Crippen molar-refractivity contribution in [3.8, 4) is 0 Å². The Balaban J connectivity index is 0.000000142. The molecule has 23 rings (SSSR count). The Morgan fingerprint density at radius 2 is 0.574 bits per heavy atom. The zero-order chi connectivity index (χ0) is 78.9. The average Bonchev–Trinajstić information content (AvgIpc) is 1.57. The summed E-state index contributed by atoms with van der Waals surface area (Å²) in [5, 5.41) is 26.3. The van der Waals surface area contributed by atoms with Gasteiger partial charge in [-0.25, -0.2) is 0 Å². The quantitative estimate of drug-likeness (QED) is 0.167. The van der Waals surface area contributed by atoms with Crippen molar-refractivity contribution in [2.75, 3.05) is 15.1 Å². The third kappa shape index (κ3) is 10.3. The van der Waals surface area contributed by atoms with Crippen LogP contribution in [0.2, 0.25) is 0 Å². The highest BCUT2D eigenvalue weighted by molar-refractivity contribution is 9.11. The molecule has 115 heavy (non-hydrogen) atoms. The van der Waals surface area contributed by atoms with E-state index < -0.39 is 0 Å². The van der Waals surface area contributed by atoms with Crippen molar-refractivity contribution in [3.05, 3.63) is 319 Å². The van der Waals surface area contributed by atoms with Gasteiger partial charge in [-0.3, -0.25) is 0 Å². The Morgan fingerprint density at radius 3 is 0.991 bits per heavy atom. The summed E-state index contributed by atoms with van der Waals surface area (Å²) in [4.78, 5) is 5.11. The topological polar surface area (TPSA) is 57.9 Å². The third-order valence-electron chi connectivity index (χ3n) is 26.3. The van der Waals surface area contributed by atoms with E-state index in [0.29, 0.717) is 11.8 Å². The molecule has 0 amide bonds. The van der Waals surface area contributed by atoms with Crippen molar-refractivity contribution in [3.63, 3.8) is 0 Å². The van der Waals surface area contributed by atoms with Crippen LogP contribution in [0.15, 0.2) is 277 Å². The van der Waals surface area contributed by atoms with Crippen LogP contribution in [0.3, 0.4) is 0 Å². The zero-order valence-corrected chi connectivity index (χ0v) is 70.6. The summed E-state index contributed by atoms with van der Waals surface area (Å²) < 4.78 is 22.6. The number of anilines is 8. The average molecular weight is 1620 g/mol. The van der Waals surface area contributed by atoms with Gasteiger partial charge in [-0.15, -0.1) is 0 Å². The fourth-order valence-electron chi connectivity index (χ4n) is 20.5. The van der Waals surface area contributed by atoms with Crippen LogP contribution in [0.1, 0.15) is 176 Å². The minimum Gasteiger partial charge on any atom is -0.454 e. The first-order chi connectivity index (χ1) is 55.5. The van der Waals surface area contributed by atoms with E-state index in [1.807, 2.05) is 12.1 Å². The smallest absolute Gasteiger partial charge is 0.159 e. The summed E-state index contributed by atoms with van der Waals surface area (Å²) in [6.07, 6.45) is 0. The van der Waals surface area contributed by atoms with Crippen molar-refractivity contribution in [2.45, 2.75) is 137 Å². The van der Waals surface area contributed by atoms with Gasteiger partial charge in [-0.1, -0.05) is 323 Å². The van der Waals surface area contributed by atoms with Crippen LogP contribution in [-0.4, -0.2) is 0 Å². The maximum absolute atomic E-state index is 7.01. The maximum Gasteiger partial charge on any atom is 0.159 e. The molecule has 0 atom stereocenters. The van der Waals surface area contributed by atoms with Crippen molar-refractivity contribution in [1.82, 2.24) is 0 Å². The van der Waals surface area contributed by atoms with Crippen LogP contribution in [0.4, 0.5) is 45.5 Å². The Hall–Kier alpha value is -11.4. The Bertz CT molecular complexity index is 7130. The molecule has 1 N–H and O–H groups in total. The van der Waals surface area contributed by atoms with Crippen LogP contribution in [0, 0.1) is 0 Å². The number of para-hydroxylation sites is 6. The van der Waals surface area contributed by atoms with Crippen molar-refractivity contribution in [1.29, 1.82) is 0 Å². The second-order valence-corrected chi connectivity index (χ2v) is 36.9. The maximum atomic E-state index is 7.01. The first kappa shape index (κ1) is 71.4. The van der Waals surface area contributed by atoms with Crippen LogP contribution in [-0.2, 0) is 16.2 Å². The minimum atomic E-state index is -0.276. The molecule has 0 bridgehead atoms. The number of hydrogen-bond donors (Lipinski definition) is 1. The van der Waals surface area contributed by atoms with Gasteiger partial charge in [0.05, 0.1) is 39.8 Å². The van der Waals surface area contributed by atoms with Gasteiger partial charge in [-0.2, -0.15) is 0 Å². The molecule has 0 aliphatic carbocycles. The van der Waals surface area contributed by atoms with Gasteiger partial charge >= 0.3 is 0 Å². The molecule has 6 heterocycles. The summed E-state index contributed by atoms with van der Waals surface area (Å²) in [5.74, 6) is 1.51. The second kappa shape index (κ2) is 25.8. The predicted molar refractivity (Wildman–Crippen MR) is 496 cm³/mol. The standard InChI is InChI=1S/C64H52N2O2.C22H20Br2.C21H17NO/c1-35(2)45-33-53(65-51-21-13-11-19-47(51)63(5,6)49-31-29-41-37-17-9-15-23-55(37)67-61(41)59(49)65)43-28-26-40-46(36(3)4)34-54(44-27-25-39(45)57(43)58(40)44)66-52-22-14-12-20-48(52)64(7,8)50-32-30-42-38-18-10-16-24-56(38)68-62(42)60(50)66;1-11(2)17-9-19(23)15-8-6-14-18(12(3)4)10-20(24)16-7-5-13(17)21(15)22(14)16;1-21(2)15-8-4-5-9-17(15)22-19-16(21)12-11-14-13-7-3-6-10-18(13)23-20(14)19/h9-36H,1-8H3;5-12H,1-4H3;3-12,22H,1-2H3. The van der Waals surface area contributed by atoms with Gasteiger partial charge in [0.1, 0.15) is 16.7 Å². The van der Waals surface area contributed by atoms with E-state index in [4.69, 9.17) is 13.3 Å². The summed E-state index contributed by atoms with van der Waals surface area (Å²) in [6, 6.07) is 93.9. The number of hydrogen-bond acceptors (Lipinski definition) is 6.